The van der Waals surface area contributed by atoms with Gasteiger partial charge < -0.3 is 10.1 Å². The molecule has 29 heavy (non-hydrogen) atoms. The van der Waals surface area contributed by atoms with E-state index in [0.29, 0.717) is 11.7 Å². The van der Waals surface area contributed by atoms with Crippen LogP contribution in [0.15, 0.2) is 48.5 Å². The zero-order valence-corrected chi connectivity index (χ0v) is 18.0. The van der Waals surface area contributed by atoms with Gasteiger partial charge in [-0.05, 0) is 36.1 Å². The number of carbonyl (C=O) groups is 1. The summed E-state index contributed by atoms with van der Waals surface area (Å²) in [6.45, 7) is 11.1. The van der Waals surface area contributed by atoms with Crippen LogP contribution in [0.25, 0.3) is 0 Å². The van der Waals surface area contributed by atoms with Gasteiger partial charge in [0, 0.05) is 32.7 Å². The third-order valence-corrected chi connectivity index (χ3v) is 5.75. The molecule has 156 valence electrons. The summed E-state index contributed by atoms with van der Waals surface area (Å²) in [5.41, 5.74) is 3.45. The molecule has 0 radical (unpaired) electrons. The highest BCUT2D eigenvalue weighted by atomic mass is 16.5. The zero-order chi connectivity index (χ0) is 20.8. The van der Waals surface area contributed by atoms with Crippen LogP contribution in [-0.2, 0) is 11.3 Å². The molecule has 1 aliphatic rings. The van der Waals surface area contributed by atoms with Crippen LogP contribution in [0.5, 0.6) is 5.75 Å². The average molecular weight is 396 g/mol. The Morgan fingerprint density at radius 3 is 2.28 bits per heavy atom. The van der Waals surface area contributed by atoms with Crippen molar-refractivity contribution in [1.82, 2.24) is 9.80 Å². The summed E-state index contributed by atoms with van der Waals surface area (Å²) in [6, 6.07) is 16.3. The van der Waals surface area contributed by atoms with Gasteiger partial charge in [0.25, 0.3) is 0 Å². The van der Waals surface area contributed by atoms with Crippen LogP contribution in [0.4, 0.5) is 5.69 Å². The Labute approximate surface area is 174 Å². The molecule has 2 aromatic rings. The Hall–Kier alpha value is -2.37. The smallest absolute Gasteiger partial charge is 0.241 e. The zero-order valence-electron chi connectivity index (χ0n) is 18.0. The second kappa shape index (κ2) is 9.90. The van der Waals surface area contributed by atoms with Gasteiger partial charge in [0.1, 0.15) is 5.75 Å². The molecule has 3 rings (SSSR count). The number of amides is 1. The van der Waals surface area contributed by atoms with Crippen molar-refractivity contribution >= 4 is 11.6 Å². The van der Waals surface area contributed by atoms with Crippen molar-refractivity contribution < 1.29 is 9.53 Å². The molecule has 0 spiro atoms. The van der Waals surface area contributed by atoms with E-state index in [1.165, 1.54) is 11.1 Å². The van der Waals surface area contributed by atoms with Gasteiger partial charge in [-0.25, -0.2) is 0 Å². The lowest BCUT2D eigenvalue weighted by molar-refractivity contribution is -0.121. The largest absolute Gasteiger partial charge is 0.495 e. The lowest BCUT2D eigenvalue weighted by Gasteiger charge is -2.37. The van der Waals surface area contributed by atoms with E-state index in [-0.39, 0.29) is 11.9 Å². The molecule has 0 aliphatic carbocycles. The molecule has 0 saturated carbocycles. The van der Waals surface area contributed by atoms with E-state index >= 15 is 0 Å². The predicted octanol–water partition coefficient (Wildman–Crippen LogP) is 3.96. The first-order valence-corrected chi connectivity index (χ1v) is 10.5. The third-order valence-electron chi connectivity index (χ3n) is 5.75. The molecule has 1 unspecified atom stereocenters. The van der Waals surface area contributed by atoms with Crippen LogP contribution in [-0.4, -0.2) is 55.0 Å². The number of nitrogens with zero attached hydrogens (tertiary/aromatic N) is 2. The quantitative estimate of drug-likeness (QED) is 0.771. The summed E-state index contributed by atoms with van der Waals surface area (Å²) in [4.78, 5) is 17.4. The fourth-order valence-corrected chi connectivity index (χ4v) is 3.73. The van der Waals surface area contributed by atoms with Crippen LogP contribution in [0, 0.1) is 0 Å². The molecular formula is C24H33N3O2. The van der Waals surface area contributed by atoms with Crippen molar-refractivity contribution in [2.45, 2.75) is 39.3 Å². The van der Waals surface area contributed by atoms with Gasteiger partial charge in [-0.1, -0.05) is 50.2 Å². The Morgan fingerprint density at radius 1 is 1.00 bits per heavy atom. The molecule has 1 N–H and O–H groups in total. The SMILES string of the molecule is COc1ccccc1NC(=O)C(C)N1CCN(Cc2ccc(C(C)C)cc2)CC1. The number of nitrogens with one attached hydrogen (secondary N) is 1. The van der Waals surface area contributed by atoms with E-state index in [1.54, 1.807) is 7.11 Å². The summed E-state index contributed by atoms with van der Waals surface area (Å²) < 4.78 is 5.33. The molecular weight excluding hydrogens is 362 g/mol. The predicted molar refractivity (Wildman–Crippen MR) is 118 cm³/mol. The molecule has 5 heteroatoms. The summed E-state index contributed by atoms with van der Waals surface area (Å²) in [7, 11) is 1.62. The van der Waals surface area contributed by atoms with Gasteiger partial charge in [-0.3, -0.25) is 14.6 Å². The van der Waals surface area contributed by atoms with Crippen LogP contribution in [0.3, 0.4) is 0 Å². The fourth-order valence-electron chi connectivity index (χ4n) is 3.73. The summed E-state index contributed by atoms with van der Waals surface area (Å²) in [6.07, 6.45) is 0. The van der Waals surface area contributed by atoms with Crippen LogP contribution in [0.2, 0.25) is 0 Å². The number of benzene rings is 2. The maximum Gasteiger partial charge on any atom is 0.241 e. The number of hydrogen-bond acceptors (Lipinski definition) is 4. The van der Waals surface area contributed by atoms with Gasteiger partial charge in [0.2, 0.25) is 5.91 Å². The van der Waals surface area contributed by atoms with Gasteiger partial charge in [0.15, 0.2) is 0 Å². The highest BCUT2D eigenvalue weighted by Gasteiger charge is 2.26. The first kappa shape index (κ1) is 21.3. The van der Waals surface area contributed by atoms with Gasteiger partial charge in [-0.2, -0.15) is 0 Å². The Balaban J connectivity index is 1.49. The first-order chi connectivity index (χ1) is 14.0. The van der Waals surface area contributed by atoms with Crippen LogP contribution < -0.4 is 10.1 Å². The number of carbonyl (C=O) groups excluding carboxylic acids is 1. The summed E-state index contributed by atoms with van der Waals surface area (Å²) >= 11 is 0. The molecule has 1 amide bonds. The maximum absolute atomic E-state index is 12.7. The van der Waals surface area contributed by atoms with Crippen molar-refractivity contribution in [2.75, 3.05) is 38.6 Å². The number of hydrogen-bond donors (Lipinski definition) is 1. The van der Waals surface area contributed by atoms with E-state index in [9.17, 15) is 4.79 Å². The third kappa shape index (κ3) is 5.58. The van der Waals surface area contributed by atoms with E-state index < -0.39 is 0 Å². The van der Waals surface area contributed by atoms with E-state index in [0.717, 1.165) is 38.4 Å². The number of anilines is 1. The van der Waals surface area contributed by atoms with Crippen molar-refractivity contribution in [3.05, 3.63) is 59.7 Å². The maximum atomic E-state index is 12.7. The topological polar surface area (TPSA) is 44.8 Å². The Bertz CT molecular complexity index is 796. The second-order valence-electron chi connectivity index (χ2n) is 8.07. The Morgan fingerprint density at radius 2 is 1.66 bits per heavy atom. The summed E-state index contributed by atoms with van der Waals surface area (Å²) in [5.74, 6) is 1.25. The molecule has 5 nitrogen and oxygen atoms in total. The minimum Gasteiger partial charge on any atom is -0.495 e. The lowest BCUT2D eigenvalue weighted by atomic mass is 10.0. The standard InChI is InChI=1S/C24H33N3O2/c1-18(2)21-11-9-20(10-12-21)17-26-13-15-27(16-14-26)19(3)24(28)25-22-7-5-6-8-23(22)29-4/h5-12,18-19H,13-17H2,1-4H3,(H,25,28). The Kier molecular flexibility index (Phi) is 7.29. The minimum absolute atomic E-state index is 0.00669. The molecule has 0 bridgehead atoms. The van der Waals surface area contributed by atoms with E-state index in [4.69, 9.17) is 4.74 Å². The fraction of sp³-hybridized carbons (Fsp3) is 0.458. The molecule has 1 aliphatic heterocycles. The first-order valence-electron chi connectivity index (χ1n) is 10.5. The normalized spacial score (nSPS) is 16.6. The van der Waals surface area contributed by atoms with E-state index in [2.05, 4.69) is 53.2 Å². The average Bonchev–Trinajstić information content (AvgIpc) is 2.74. The highest BCUT2D eigenvalue weighted by Crippen LogP contribution is 2.23. The summed E-state index contributed by atoms with van der Waals surface area (Å²) in [5, 5.41) is 3.00. The lowest BCUT2D eigenvalue weighted by Crippen LogP contribution is -2.52. The number of piperazine rings is 1. The van der Waals surface area contributed by atoms with Gasteiger partial charge >= 0.3 is 0 Å². The second-order valence-corrected chi connectivity index (χ2v) is 8.07. The van der Waals surface area contributed by atoms with Crippen molar-refractivity contribution in [3.63, 3.8) is 0 Å². The van der Waals surface area contributed by atoms with Crippen molar-refractivity contribution in [3.8, 4) is 5.75 Å². The molecule has 1 atom stereocenters. The highest BCUT2D eigenvalue weighted by molar-refractivity contribution is 5.95. The molecule has 1 saturated heterocycles. The number of methoxy groups -OCH3 is 1. The van der Waals surface area contributed by atoms with Crippen LogP contribution in [0.1, 0.15) is 37.8 Å². The van der Waals surface area contributed by atoms with Crippen molar-refractivity contribution in [2.24, 2.45) is 0 Å². The van der Waals surface area contributed by atoms with Gasteiger partial charge in [0.05, 0.1) is 18.8 Å². The number of para-hydroxylation sites is 2. The number of ether oxygens (including phenoxy) is 1. The van der Waals surface area contributed by atoms with Crippen molar-refractivity contribution in [1.29, 1.82) is 0 Å². The molecule has 2 aromatic carbocycles. The molecule has 1 heterocycles. The number of rotatable bonds is 7. The van der Waals surface area contributed by atoms with E-state index in [1.807, 2.05) is 31.2 Å². The monoisotopic (exact) mass is 395 g/mol. The molecule has 1 fully saturated rings. The van der Waals surface area contributed by atoms with Gasteiger partial charge in [-0.15, -0.1) is 0 Å². The molecule has 0 aromatic heterocycles. The van der Waals surface area contributed by atoms with Crippen LogP contribution >= 0.6 is 0 Å². The minimum atomic E-state index is -0.174.